The number of carbonyl (C=O) groups excluding carboxylic acids is 4. The van der Waals surface area contributed by atoms with Crippen LogP contribution in [0.25, 0.3) is 6.08 Å². The minimum Gasteiger partial charge on any atom is -0.459 e. The molecule has 0 unspecified atom stereocenters. The summed E-state index contributed by atoms with van der Waals surface area (Å²) in [5.41, 5.74) is 0.105. The predicted molar refractivity (Wildman–Crippen MR) is 191 cm³/mol. The zero-order valence-corrected chi connectivity index (χ0v) is 32.5. The molecule has 5 aliphatic heterocycles. The van der Waals surface area contributed by atoms with Crippen LogP contribution in [-0.2, 0) is 66.5 Å². The number of aliphatic hydroxyl groups excluding tert-OH is 3. The van der Waals surface area contributed by atoms with Gasteiger partial charge in [0.15, 0.2) is 30.2 Å². The number of epoxide rings is 1. The first-order valence-corrected chi connectivity index (χ1v) is 19.6. The van der Waals surface area contributed by atoms with Crippen LogP contribution >= 0.6 is 0 Å². The molecule has 7 rings (SSSR count). The van der Waals surface area contributed by atoms with Crippen molar-refractivity contribution in [3.05, 3.63) is 42.0 Å². The van der Waals surface area contributed by atoms with Gasteiger partial charge >= 0.3 is 23.9 Å². The quantitative estimate of drug-likeness (QED) is 0.139. The highest BCUT2D eigenvalue weighted by atomic mass is 16.8. The van der Waals surface area contributed by atoms with Crippen molar-refractivity contribution in [3.8, 4) is 0 Å². The molecule has 17 nitrogen and oxygen atoms in total. The Bertz CT molecular complexity index is 1670. The first-order chi connectivity index (χ1) is 27.1. The third-order valence-electron chi connectivity index (χ3n) is 12.0. The van der Waals surface area contributed by atoms with Gasteiger partial charge < -0.3 is 62.7 Å². The van der Waals surface area contributed by atoms with Crippen LogP contribution in [0.1, 0.15) is 65.9 Å². The molecule has 0 bridgehead atoms. The second kappa shape index (κ2) is 16.6. The number of aliphatic hydroxyl groups is 3. The van der Waals surface area contributed by atoms with E-state index in [1.54, 1.807) is 6.08 Å². The summed E-state index contributed by atoms with van der Waals surface area (Å²) in [4.78, 5) is 50.5. The second-order valence-corrected chi connectivity index (χ2v) is 16.0. The van der Waals surface area contributed by atoms with Gasteiger partial charge in [0, 0.05) is 38.2 Å². The zero-order chi connectivity index (χ0) is 40.8. The summed E-state index contributed by atoms with van der Waals surface area (Å²) in [6, 6.07) is 9.42. The third-order valence-corrected chi connectivity index (χ3v) is 12.0. The third kappa shape index (κ3) is 8.36. The van der Waals surface area contributed by atoms with Crippen LogP contribution in [0.2, 0.25) is 0 Å². The molecule has 5 saturated heterocycles. The van der Waals surface area contributed by atoms with Gasteiger partial charge in [-0.25, -0.2) is 4.79 Å². The number of ether oxygens (including phenoxy) is 10. The van der Waals surface area contributed by atoms with Crippen molar-refractivity contribution in [2.24, 2.45) is 17.8 Å². The lowest BCUT2D eigenvalue weighted by atomic mass is 9.72. The molecular weight excluding hydrogens is 752 g/mol. The van der Waals surface area contributed by atoms with E-state index in [9.17, 15) is 34.5 Å². The Hall–Kier alpha value is -3.52. The van der Waals surface area contributed by atoms with E-state index in [0.717, 1.165) is 19.4 Å². The van der Waals surface area contributed by atoms with E-state index in [4.69, 9.17) is 47.4 Å². The first kappa shape index (κ1) is 41.6. The molecule has 6 fully saturated rings. The Morgan fingerprint density at radius 2 is 1.47 bits per heavy atom. The van der Waals surface area contributed by atoms with E-state index < -0.39 is 115 Å². The van der Waals surface area contributed by atoms with Gasteiger partial charge in [-0.2, -0.15) is 0 Å². The van der Waals surface area contributed by atoms with Gasteiger partial charge in [0.1, 0.15) is 24.4 Å². The minimum atomic E-state index is -1.73. The molecule has 3 N–H and O–H groups in total. The van der Waals surface area contributed by atoms with Crippen molar-refractivity contribution in [2.45, 2.75) is 145 Å². The number of rotatable bonds is 9. The van der Waals surface area contributed by atoms with Crippen LogP contribution in [0.5, 0.6) is 0 Å². The maximum atomic E-state index is 13.9. The minimum absolute atomic E-state index is 0.106. The Morgan fingerprint density at radius 3 is 2.16 bits per heavy atom. The van der Waals surface area contributed by atoms with Gasteiger partial charge in [0.05, 0.1) is 37.4 Å². The Labute approximate surface area is 329 Å². The monoisotopic (exact) mass is 804 g/mol. The lowest BCUT2D eigenvalue weighted by Crippen LogP contribution is -2.64. The molecule has 2 spiro atoms. The zero-order valence-electron chi connectivity index (χ0n) is 32.5. The standard InChI is InChI=1S/C40H52O17/c1-19-17-48-40(16-28(19)54-29(43)14-11-24-9-7-6-8-10-24)39(18-49-39)26-13-12-25(15-27(26)57-40)36(47)56-38-35(31(45)33(21(3)51-38)52-22(4)41)55-37-32(46)34(53-23(5)42)30(44)20(2)50-37/h6-11,14,19-21,25-28,30-35,37-38,44-46H,12-13,15-18H2,1-5H3/b14-11+/t19-,20+,21+,25+,26+,27-,28+,30-,31-,32+,33+,34-,35+,37+,38-,39+,40+/m0/s1. The average molecular weight is 805 g/mol. The van der Waals surface area contributed by atoms with Gasteiger partial charge in [-0.15, -0.1) is 0 Å². The number of fused-ring (bicyclic) bond motifs is 3. The van der Waals surface area contributed by atoms with E-state index in [0.29, 0.717) is 19.4 Å². The molecule has 57 heavy (non-hydrogen) atoms. The van der Waals surface area contributed by atoms with Crippen LogP contribution in [0, 0.1) is 17.8 Å². The predicted octanol–water partition coefficient (Wildman–Crippen LogP) is 1.31. The molecule has 1 aromatic rings. The molecule has 0 amide bonds. The largest absolute Gasteiger partial charge is 0.459 e. The molecule has 17 atom stereocenters. The van der Waals surface area contributed by atoms with Crippen molar-refractivity contribution in [1.29, 1.82) is 0 Å². The normalized spacial score (nSPS) is 44.0. The van der Waals surface area contributed by atoms with E-state index in [1.807, 2.05) is 37.3 Å². The lowest BCUT2D eigenvalue weighted by Gasteiger charge is -2.46. The number of esters is 4. The summed E-state index contributed by atoms with van der Waals surface area (Å²) in [5, 5.41) is 33.1. The summed E-state index contributed by atoms with van der Waals surface area (Å²) in [6.07, 6.45) is -10.6. The fourth-order valence-electron chi connectivity index (χ4n) is 8.89. The summed E-state index contributed by atoms with van der Waals surface area (Å²) < 4.78 is 59.2. The summed E-state index contributed by atoms with van der Waals surface area (Å²) in [6.45, 7) is 7.86. The molecule has 1 aliphatic carbocycles. The van der Waals surface area contributed by atoms with Crippen LogP contribution in [0.3, 0.4) is 0 Å². The highest BCUT2D eigenvalue weighted by Crippen LogP contribution is 2.62. The van der Waals surface area contributed by atoms with Gasteiger partial charge in [-0.3, -0.25) is 14.4 Å². The Balaban J connectivity index is 1.03. The van der Waals surface area contributed by atoms with Crippen molar-refractivity contribution in [1.82, 2.24) is 0 Å². The molecule has 17 heteroatoms. The highest BCUT2D eigenvalue weighted by Gasteiger charge is 2.76. The average Bonchev–Trinajstić information content (AvgIpc) is 3.94. The van der Waals surface area contributed by atoms with Crippen LogP contribution < -0.4 is 0 Å². The lowest BCUT2D eigenvalue weighted by molar-refractivity contribution is -0.358. The summed E-state index contributed by atoms with van der Waals surface area (Å²) in [7, 11) is 0. The van der Waals surface area contributed by atoms with Gasteiger partial charge in [0.25, 0.3) is 0 Å². The number of hydrogen-bond acceptors (Lipinski definition) is 17. The van der Waals surface area contributed by atoms with Crippen molar-refractivity contribution in [2.75, 3.05) is 13.2 Å². The smallest absolute Gasteiger partial charge is 0.331 e. The maximum Gasteiger partial charge on any atom is 0.331 e. The SMILES string of the molecule is CC(=O)O[C@H]1[C@@H](O)[C@@H](C)O[C@H](O[C@H]2[C@H](OC(=O)[C@@H]3CC[C@@H]4[C@H](C3)O[C@]3(C[C@@H](OC(=O)/C=C/c5ccccc5)[C@@H](C)CO3)[C@@]43CO3)O[C@H](C)[C@@H](OC(C)=O)[C@@H]2O)[C@@H]1O. The van der Waals surface area contributed by atoms with E-state index >= 15 is 0 Å². The molecule has 0 aromatic heterocycles. The Morgan fingerprint density at radius 1 is 0.789 bits per heavy atom. The van der Waals surface area contributed by atoms with Gasteiger partial charge in [-0.05, 0) is 44.7 Å². The molecule has 5 heterocycles. The molecule has 1 aromatic carbocycles. The number of carbonyl (C=O) groups is 4. The van der Waals surface area contributed by atoms with E-state index in [1.165, 1.54) is 19.9 Å². The number of hydrogen-bond donors (Lipinski definition) is 3. The van der Waals surface area contributed by atoms with Crippen LogP contribution in [-0.4, -0.2) is 137 Å². The fraction of sp³-hybridized carbons (Fsp3) is 0.700. The maximum absolute atomic E-state index is 13.9. The molecule has 6 aliphatic rings. The van der Waals surface area contributed by atoms with Crippen molar-refractivity contribution < 1.29 is 81.9 Å². The van der Waals surface area contributed by atoms with E-state index in [-0.39, 0.29) is 31.3 Å². The Kier molecular flexibility index (Phi) is 12.1. The van der Waals surface area contributed by atoms with Crippen molar-refractivity contribution >= 4 is 30.0 Å². The van der Waals surface area contributed by atoms with Gasteiger partial charge in [0.2, 0.25) is 12.1 Å². The molecule has 0 radical (unpaired) electrons. The number of benzene rings is 1. The summed E-state index contributed by atoms with van der Waals surface area (Å²) in [5.74, 6) is -4.72. The molecule has 1 saturated carbocycles. The molecular formula is C40H52O17. The highest BCUT2D eigenvalue weighted by molar-refractivity contribution is 5.87. The molecule has 314 valence electrons. The second-order valence-electron chi connectivity index (χ2n) is 16.0. The van der Waals surface area contributed by atoms with Crippen LogP contribution in [0.15, 0.2) is 36.4 Å². The van der Waals surface area contributed by atoms with Crippen LogP contribution in [0.4, 0.5) is 0 Å². The fourth-order valence-corrected chi connectivity index (χ4v) is 8.89. The van der Waals surface area contributed by atoms with E-state index in [2.05, 4.69) is 0 Å². The topological polar surface area (TPSA) is 225 Å². The first-order valence-electron chi connectivity index (χ1n) is 19.6. The van der Waals surface area contributed by atoms with Crippen molar-refractivity contribution in [3.63, 3.8) is 0 Å². The van der Waals surface area contributed by atoms with Gasteiger partial charge in [-0.1, -0.05) is 37.3 Å². The summed E-state index contributed by atoms with van der Waals surface area (Å²) >= 11 is 0.